The predicted molar refractivity (Wildman–Crippen MR) is 87.2 cm³/mol. The maximum Gasteiger partial charge on any atom is 0.256 e. The lowest BCUT2D eigenvalue weighted by Crippen LogP contribution is -2.16. The van der Waals surface area contributed by atoms with Gasteiger partial charge < -0.3 is 14.8 Å². The Morgan fingerprint density at radius 1 is 1.00 bits per heavy atom. The molecule has 6 heteroatoms. The minimum absolute atomic E-state index is 0.189. The number of hydrogen-bond donors (Lipinski definition) is 1. The van der Waals surface area contributed by atoms with E-state index in [1.54, 1.807) is 24.3 Å². The molecule has 1 aliphatic heterocycles. The Labute approximate surface area is 138 Å². The van der Waals surface area contributed by atoms with E-state index in [1.165, 1.54) is 0 Å². The molecule has 21 heavy (non-hydrogen) atoms. The largest absolute Gasteiger partial charge is 0.486 e. The van der Waals surface area contributed by atoms with Crippen LogP contribution in [0, 0.1) is 0 Å². The zero-order valence-corrected chi connectivity index (χ0v) is 14.0. The van der Waals surface area contributed by atoms with Crippen LogP contribution in [0.2, 0.25) is 0 Å². The number of amides is 1. The summed E-state index contributed by atoms with van der Waals surface area (Å²) in [5.41, 5.74) is 1.23. The third-order valence-electron chi connectivity index (χ3n) is 2.98. The van der Waals surface area contributed by atoms with Crippen LogP contribution in [0.4, 0.5) is 5.69 Å². The lowest BCUT2D eigenvalue weighted by atomic mass is 10.2. The molecule has 1 heterocycles. The van der Waals surface area contributed by atoms with E-state index in [-0.39, 0.29) is 5.91 Å². The number of fused-ring (bicyclic) bond motifs is 1. The van der Waals surface area contributed by atoms with Crippen LogP contribution in [-0.4, -0.2) is 19.1 Å². The number of ether oxygens (including phenoxy) is 2. The highest BCUT2D eigenvalue weighted by Gasteiger charge is 2.14. The molecular formula is C15H11Br2NO3. The number of rotatable bonds is 2. The molecule has 0 unspecified atom stereocenters. The molecule has 0 radical (unpaired) electrons. The summed E-state index contributed by atoms with van der Waals surface area (Å²) in [6.45, 7) is 1.06. The van der Waals surface area contributed by atoms with E-state index < -0.39 is 0 Å². The number of hydrogen-bond acceptors (Lipinski definition) is 3. The van der Waals surface area contributed by atoms with Crippen molar-refractivity contribution in [1.29, 1.82) is 0 Å². The number of carbonyl (C=O) groups is 1. The van der Waals surface area contributed by atoms with E-state index >= 15 is 0 Å². The van der Waals surface area contributed by atoms with Crippen molar-refractivity contribution in [3.63, 3.8) is 0 Å². The van der Waals surface area contributed by atoms with Gasteiger partial charge in [-0.2, -0.15) is 0 Å². The maximum absolute atomic E-state index is 12.3. The molecule has 0 fully saturated rings. The van der Waals surface area contributed by atoms with E-state index in [4.69, 9.17) is 9.47 Å². The predicted octanol–water partition coefficient (Wildman–Crippen LogP) is 4.24. The van der Waals surface area contributed by atoms with E-state index in [9.17, 15) is 4.79 Å². The molecule has 0 aromatic heterocycles. The van der Waals surface area contributed by atoms with Gasteiger partial charge in [0, 0.05) is 20.7 Å². The van der Waals surface area contributed by atoms with Crippen molar-refractivity contribution in [2.75, 3.05) is 18.5 Å². The third kappa shape index (κ3) is 3.22. The van der Waals surface area contributed by atoms with Gasteiger partial charge in [0.1, 0.15) is 13.2 Å². The first kappa shape index (κ1) is 14.4. The molecule has 0 atom stereocenters. The van der Waals surface area contributed by atoms with Crippen molar-refractivity contribution < 1.29 is 14.3 Å². The van der Waals surface area contributed by atoms with Gasteiger partial charge in [-0.3, -0.25) is 4.79 Å². The van der Waals surface area contributed by atoms with Gasteiger partial charge in [-0.05, 0) is 46.3 Å². The summed E-state index contributed by atoms with van der Waals surface area (Å²) in [4.78, 5) is 12.3. The summed E-state index contributed by atoms with van der Waals surface area (Å²) < 4.78 is 12.6. The van der Waals surface area contributed by atoms with Gasteiger partial charge in [0.2, 0.25) is 0 Å². The zero-order valence-electron chi connectivity index (χ0n) is 10.9. The van der Waals surface area contributed by atoms with Gasteiger partial charge in [-0.15, -0.1) is 0 Å². The van der Waals surface area contributed by atoms with Crippen LogP contribution in [0.15, 0.2) is 45.3 Å². The van der Waals surface area contributed by atoms with Crippen molar-refractivity contribution in [2.45, 2.75) is 0 Å². The van der Waals surface area contributed by atoms with E-state index in [0.717, 1.165) is 8.95 Å². The highest BCUT2D eigenvalue weighted by atomic mass is 79.9. The lowest BCUT2D eigenvalue weighted by molar-refractivity contribution is 0.102. The van der Waals surface area contributed by atoms with Crippen LogP contribution in [-0.2, 0) is 0 Å². The van der Waals surface area contributed by atoms with Crippen molar-refractivity contribution in [1.82, 2.24) is 0 Å². The van der Waals surface area contributed by atoms with Gasteiger partial charge in [0.15, 0.2) is 11.5 Å². The number of anilines is 1. The molecule has 1 amide bonds. The SMILES string of the molecule is O=C(Nc1ccc2c(c1)OCCO2)c1ccc(Br)cc1Br. The van der Waals surface area contributed by atoms with Crippen LogP contribution in [0.3, 0.4) is 0 Å². The van der Waals surface area contributed by atoms with Gasteiger partial charge >= 0.3 is 0 Å². The summed E-state index contributed by atoms with van der Waals surface area (Å²) in [5.74, 6) is 1.16. The normalized spacial score (nSPS) is 12.9. The van der Waals surface area contributed by atoms with Crippen molar-refractivity contribution in [3.05, 3.63) is 50.9 Å². The fraction of sp³-hybridized carbons (Fsp3) is 0.133. The van der Waals surface area contributed by atoms with Crippen LogP contribution in [0.1, 0.15) is 10.4 Å². The smallest absolute Gasteiger partial charge is 0.256 e. The molecular weight excluding hydrogens is 402 g/mol. The van der Waals surface area contributed by atoms with Crippen molar-refractivity contribution in [3.8, 4) is 11.5 Å². The van der Waals surface area contributed by atoms with Crippen LogP contribution < -0.4 is 14.8 Å². The topological polar surface area (TPSA) is 47.6 Å². The maximum atomic E-state index is 12.3. The second-order valence-corrected chi connectivity index (χ2v) is 6.21. The highest BCUT2D eigenvalue weighted by Crippen LogP contribution is 2.33. The Bertz CT molecular complexity index is 703. The number of halogens is 2. The Kier molecular flexibility index (Phi) is 4.17. The molecule has 0 saturated heterocycles. The Morgan fingerprint density at radius 3 is 2.52 bits per heavy atom. The molecule has 2 aromatic carbocycles. The van der Waals surface area contributed by atoms with Crippen LogP contribution >= 0.6 is 31.9 Å². The van der Waals surface area contributed by atoms with Crippen molar-refractivity contribution >= 4 is 43.5 Å². The molecule has 0 spiro atoms. The first-order chi connectivity index (χ1) is 10.1. The minimum atomic E-state index is -0.189. The fourth-order valence-corrected chi connectivity index (χ4v) is 3.22. The lowest BCUT2D eigenvalue weighted by Gasteiger charge is -2.19. The van der Waals surface area contributed by atoms with E-state index in [1.807, 2.05) is 12.1 Å². The fourth-order valence-electron chi connectivity index (χ4n) is 1.99. The number of nitrogens with one attached hydrogen (secondary N) is 1. The summed E-state index contributed by atoms with van der Waals surface area (Å²) >= 11 is 6.75. The molecule has 3 rings (SSSR count). The monoisotopic (exact) mass is 411 g/mol. The minimum Gasteiger partial charge on any atom is -0.486 e. The van der Waals surface area contributed by atoms with Crippen molar-refractivity contribution in [2.24, 2.45) is 0 Å². The molecule has 0 aliphatic carbocycles. The Hall–Kier alpha value is -1.53. The van der Waals surface area contributed by atoms with Crippen LogP contribution in [0.25, 0.3) is 0 Å². The standard InChI is InChI=1S/C15H11Br2NO3/c16-9-1-3-11(12(17)7-9)15(19)18-10-2-4-13-14(8-10)21-6-5-20-13/h1-4,7-8H,5-6H2,(H,18,19). The molecule has 1 N–H and O–H groups in total. The molecule has 0 bridgehead atoms. The highest BCUT2D eigenvalue weighted by molar-refractivity contribution is 9.11. The average Bonchev–Trinajstić information content (AvgIpc) is 2.47. The molecule has 108 valence electrons. The summed E-state index contributed by atoms with van der Waals surface area (Å²) in [7, 11) is 0. The summed E-state index contributed by atoms with van der Waals surface area (Å²) in [6.07, 6.45) is 0. The van der Waals surface area contributed by atoms with E-state index in [2.05, 4.69) is 37.2 Å². The quantitative estimate of drug-likeness (QED) is 0.802. The number of carbonyl (C=O) groups excluding carboxylic acids is 1. The van der Waals surface area contributed by atoms with Gasteiger partial charge in [0.05, 0.1) is 5.56 Å². The first-order valence-electron chi connectivity index (χ1n) is 6.29. The van der Waals surface area contributed by atoms with Gasteiger partial charge in [-0.1, -0.05) is 15.9 Å². The van der Waals surface area contributed by atoms with Gasteiger partial charge in [0.25, 0.3) is 5.91 Å². The Morgan fingerprint density at radius 2 is 1.76 bits per heavy atom. The molecule has 2 aromatic rings. The van der Waals surface area contributed by atoms with Crippen LogP contribution in [0.5, 0.6) is 11.5 Å². The average molecular weight is 413 g/mol. The molecule has 4 nitrogen and oxygen atoms in total. The zero-order chi connectivity index (χ0) is 14.8. The second-order valence-electron chi connectivity index (χ2n) is 4.44. The first-order valence-corrected chi connectivity index (χ1v) is 7.88. The summed E-state index contributed by atoms with van der Waals surface area (Å²) in [6, 6.07) is 10.8. The third-order valence-corrected chi connectivity index (χ3v) is 4.13. The van der Waals surface area contributed by atoms with Gasteiger partial charge in [-0.25, -0.2) is 0 Å². The Balaban J connectivity index is 1.81. The second kappa shape index (κ2) is 6.07. The summed E-state index contributed by atoms with van der Waals surface area (Å²) in [5, 5.41) is 2.85. The van der Waals surface area contributed by atoms with E-state index in [0.29, 0.717) is 36.0 Å². The molecule has 0 saturated carbocycles. The molecule has 1 aliphatic rings. The number of benzene rings is 2.